The molecule has 1 fully saturated rings. The number of aromatic nitrogens is 1. The minimum atomic E-state index is -0.435. The number of anilines is 1. The topological polar surface area (TPSA) is 114 Å². The molecule has 2 aromatic rings. The Bertz CT molecular complexity index is 1130. The lowest BCUT2D eigenvalue weighted by Gasteiger charge is -2.36. The van der Waals surface area contributed by atoms with E-state index in [1.807, 2.05) is 18.7 Å². The summed E-state index contributed by atoms with van der Waals surface area (Å²) in [6.45, 7) is 6.77. The van der Waals surface area contributed by atoms with Crippen LogP contribution in [0.1, 0.15) is 53.3 Å². The monoisotopic (exact) mass is 498 g/mol. The molecule has 1 N–H and O–H groups in total. The number of nitrogens with one attached hydrogen (secondary N) is 1. The van der Waals surface area contributed by atoms with Crippen LogP contribution in [-0.4, -0.2) is 78.7 Å². The van der Waals surface area contributed by atoms with Crippen LogP contribution in [0.15, 0.2) is 28.8 Å². The van der Waals surface area contributed by atoms with Gasteiger partial charge in [-0.05, 0) is 38.8 Å². The number of fused-ring (bicyclic) bond motifs is 1. The third-order valence-corrected chi connectivity index (χ3v) is 6.77. The minimum absolute atomic E-state index is 0.0204. The lowest BCUT2D eigenvalue weighted by molar-refractivity contribution is -0.136. The number of nitrogens with zero attached hydrogens (tertiary/aromatic N) is 3. The second-order valence-corrected chi connectivity index (χ2v) is 9.85. The number of carbonyl (C=O) groups excluding carboxylic acids is 3. The van der Waals surface area contributed by atoms with Gasteiger partial charge in [0.05, 0.1) is 17.7 Å². The lowest BCUT2D eigenvalue weighted by Crippen LogP contribution is -2.49. The van der Waals surface area contributed by atoms with E-state index in [0.717, 1.165) is 12.8 Å². The normalized spacial score (nSPS) is 23.2. The maximum absolute atomic E-state index is 13.3. The van der Waals surface area contributed by atoms with Crippen molar-refractivity contribution in [1.29, 1.82) is 0 Å². The van der Waals surface area contributed by atoms with E-state index in [-0.39, 0.29) is 48.1 Å². The molecule has 2 heterocycles. The van der Waals surface area contributed by atoms with Gasteiger partial charge in [-0.1, -0.05) is 12.1 Å². The SMILES string of the molecule is CO[C@@H]1CN(C)C(=O)c2ccc(NC(=O)c3cc(C)on3)cc2OC[C@@H](C)N(C(=O)C2CC2)C[C@H]1C. The van der Waals surface area contributed by atoms with Gasteiger partial charge in [0.15, 0.2) is 5.69 Å². The first kappa shape index (κ1) is 25.7. The lowest BCUT2D eigenvalue weighted by atomic mass is 10.0. The molecule has 0 saturated heterocycles. The molecule has 0 radical (unpaired) electrons. The molecule has 194 valence electrons. The van der Waals surface area contributed by atoms with Crippen LogP contribution in [0.3, 0.4) is 0 Å². The number of hydrogen-bond donors (Lipinski definition) is 1. The number of amides is 3. The molecule has 2 aliphatic rings. The van der Waals surface area contributed by atoms with Gasteiger partial charge in [-0.25, -0.2) is 0 Å². The van der Waals surface area contributed by atoms with Crippen LogP contribution in [0.2, 0.25) is 0 Å². The van der Waals surface area contributed by atoms with Gasteiger partial charge in [0.1, 0.15) is 18.1 Å². The van der Waals surface area contributed by atoms with Crippen molar-refractivity contribution in [3.05, 3.63) is 41.3 Å². The zero-order chi connectivity index (χ0) is 26.0. The van der Waals surface area contributed by atoms with Gasteiger partial charge in [-0.2, -0.15) is 0 Å². The molecular weight excluding hydrogens is 464 g/mol. The molecule has 36 heavy (non-hydrogen) atoms. The average molecular weight is 499 g/mol. The highest BCUT2D eigenvalue weighted by atomic mass is 16.5. The molecule has 1 aromatic carbocycles. The molecule has 0 unspecified atom stereocenters. The van der Waals surface area contributed by atoms with E-state index >= 15 is 0 Å². The molecule has 3 amide bonds. The number of hydrogen-bond acceptors (Lipinski definition) is 7. The quantitative estimate of drug-likeness (QED) is 0.689. The fraction of sp³-hybridized carbons (Fsp3) is 0.538. The minimum Gasteiger partial charge on any atom is -0.491 e. The number of rotatable bonds is 4. The Morgan fingerprint density at radius 2 is 1.92 bits per heavy atom. The van der Waals surface area contributed by atoms with Crippen LogP contribution in [0.5, 0.6) is 5.75 Å². The van der Waals surface area contributed by atoms with E-state index in [4.69, 9.17) is 14.0 Å². The molecule has 3 atom stereocenters. The first-order chi connectivity index (χ1) is 17.2. The first-order valence-electron chi connectivity index (χ1n) is 12.3. The summed E-state index contributed by atoms with van der Waals surface area (Å²) in [6.07, 6.45) is 1.59. The van der Waals surface area contributed by atoms with E-state index in [1.54, 1.807) is 50.2 Å². The summed E-state index contributed by atoms with van der Waals surface area (Å²) in [5, 5.41) is 6.50. The fourth-order valence-corrected chi connectivity index (χ4v) is 4.39. The molecule has 1 saturated carbocycles. The van der Waals surface area contributed by atoms with Crippen molar-refractivity contribution in [3.63, 3.8) is 0 Å². The van der Waals surface area contributed by atoms with Crippen molar-refractivity contribution in [2.45, 2.75) is 45.8 Å². The van der Waals surface area contributed by atoms with Gasteiger partial charge >= 0.3 is 0 Å². The molecule has 0 spiro atoms. The zero-order valence-corrected chi connectivity index (χ0v) is 21.4. The van der Waals surface area contributed by atoms with Crippen LogP contribution in [-0.2, 0) is 9.53 Å². The smallest absolute Gasteiger partial charge is 0.277 e. The number of aryl methyl sites for hydroxylation is 1. The highest BCUT2D eigenvalue weighted by Crippen LogP contribution is 2.33. The van der Waals surface area contributed by atoms with Crippen LogP contribution in [0, 0.1) is 18.8 Å². The van der Waals surface area contributed by atoms with Crippen molar-refractivity contribution < 1.29 is 28.4 Å². The predicted octanol–water partition coefficient (Wildman–Crippen LogP) is 2.98. The fourth-order valence-electron chi connectivity index (χ4n) is 4.39. The van der Waals surface area contributed by atoms with Crippen LogP contribution in [0.4, 0.5) is 5.69 Å². The standard InChI is InChI=1S/C26H34N4O6/c1-15-12-30(25(32)18-6-7-18)16(2)14-35-22-11-19(27-24(31)21-10-17(3)36-28-21)8-9-20(22)26(33)29(4)13-23(15)34-5/h8-11,15-16,18,23H,6-7,12-14H2,1-5H3,(H,27,31)/t15-,16-,23-/m1/s1. The number of methoxy groups -OCH3 is 1. The molecule has 1 aliphatic heterocycles. The number of ether oxygens (including phenoxy) is 2. The van der Waals surface area contributed by atoms with Crippen molar-refractivity contribution in [2.75, 3.05) is 39.2 Å². The van der Waals surface area contributed by atoms with E-state index in [1.165, 1.54) is 0 Å². The summed E-state index contributed by atoms with van der Waals surface area (Å²) in [7, 11) is 3.35. The Morgan fingerprint density at radius 3 is 2.56 bits per heavy atom. The average Bonchev–Trinajstić information content (AvgIpc) is 3.62. The van der Waals surface area contributed by atoms with E-state index in [0.29, 0.717) is 35.9 Å². The highest BCUT2D eigenvalue weighted by molar-refractivity contribution is 6.04. The van der Waals surface area contributed by atoms with E-state index in [2.05, 4.69) is 10.5 Å². The Kier molecular flexibility index (Phi) is 7.63. The van der Waals surface area contributed by atoms with E-state index < -0.39 is 5.91 Å². The third kappa shape index (κ3) is 5.70. The molecule has 10 nitrogen and oxygen atoms in total. The second kappa shape index (κ2) is 10.7. The third-order valence-electron chi connectivity index (χ3n) is 6.77. The zero-order valence-electron chi connectivity index (χ0n) is 21.4. The molecule has 0 bridgehead atoms. The summed E-state index contributed by atoms with van der Waals surface area (Å²) < 4.78 is 16.8. The Hall–Kier alpha value is -3.40. The summed E-state index contributed by atoms with van der Waals surface area (Å²) in [5.41, 5.74) is 0.964. The number of carbonyl (C=O) groups is 3. The molecule has 10 heteroatoms. The van der Waals surface area contributed by atoms with E-state index in [9.17, 15) is 14.4 Å². The van der Waals surface area contributed by atoms with Gasteiger partial charge in [0.2, 0.25) is 5.91 Å². The summed E-state index contributed by atoms with van der Waals surface area (Å²) in [4.78, 5) is 42.5. The van der Waals surface area contributed by atoms with Crippen molar-refractivity contribution in [2.24, 2.45) is 11.8 Å². The Morgan fingerprint density at radius 1 is 1.17 bits per heavy atom. The van der Waals surface area contributed by atoms with Crippen molar-refractivity contribution >= 4 is 23.4 Å². The second-order valence-electron chi connectivity index (χ2n) is 9.85. The number of likely N-dealkylation sites (N-methyl/N-ethyl adjacent to an activating group) is 1. The molecule has 1 aromatic heterocycles. The van der Waals surface area contributed by atoms with Crippen molar-refractivity contribution in [1.82, 2.24) is 15.0 Å². The van der Waals surface area contributed by atoms with Crippen LogP contribution >= 0.6 is 0 Å². The van der Waals surface area contributed by atoms with Crippen LogP contribution in [0.25, 0.3) is 0 Å². The van der Waals surface area contributed by atoms with Crippen LogP contribution < -0.4 is 10.1 Å². The number of benzene rings is 1. The van der Waals surface area contributed by atoms with Gasteiger partial charge in [0.25, 0.3) is 11.8 Å². The Labute approximate surface area is 210 Å². The van der Waals surface area contributed by atoms with Gasteiger partial charge in [0, 0.05) is 56.9 Å². The largest absolute Gasteiger partial charge is 0.491 e. The molecule has 1 aliphatic carbocycles. The maximum atomic E-state index is 13.3. The molecular formula is C26H34N4O6. The first-order valence-corrected chi connectivity index (χ1v) is 12.3. The molecule has 4 rings (SSSR count). The summed E-state index contributed by atoms with van der Waals surface area (Å²) in [5.74, 6) is 0.433. The Balaban J connectivity index is 1.63. The predicted molar refractivity (Wildman–Crippen MR) is 132 cm³/mol. The maximum Gasteiger partial charge on any atom is 0.277 e. The summed E-state index contributed by atoms with van der Waals surface area (Å²) in [6, 6.07) is 6.22. The van der Waals surface area contributed by atoms with Gasteiger partial charge < -0.3 is 29.1 Å². The van der Waals surface area contributed by atoms with Crippen molar-refractivity contribution in [3.8, 4) is 5.75 Å². The van der Waals surface area contributed by atoms with Gasteiger partial charge in [-0.3, -0.25) is 14.4 Å². The summed E-state index contributed by atoms with van der Waals surface area (Å²) >= 11 is 0. The highest BCUT2D eigenvalue weighted by Gasteiger charge is 2.37. The van der Waals surface area contributed by atoms with Gasteiger partial charge in [-0.15, -0.1) is 0 Å².